The van der Waals surface area contributed by atoms with Crippen molar-refractivity contribution in [1.29, 1.82) is 0 Å². The average molecular weight is 209 g/mol. The third-order valence-electron chi connectivity index (χ3n) is 2.35. The van der Waals surface area contributed by atoms with Crippen molar-refractivity contribution in [2.45, 2.75) is 18.9 Å². The van der Waals surface area contributed by atoms with Crippen molar-refractivity contribution in [2.24, 2.45) is 0 Å². The number of hydrogen-bond acceptors (Lipinski definition) is 4. The Morgan fingerprint density at radius 2 is 2.15 bits per heavy atom. The lowest BCUT2D eigenvalue weighted by Gasteiger charge is -2.21. The molecule has 13 heavy (non-hydrogen) atoms. The van der Waals surface area contributed by atoms with E-state index in [1.54, 1.807) is 0 Å². The van der Waals surface area contributed by atoms with E-state index in [2.05, 4.69) is 0 Å². The number of aliphatic hydroxyl groups is 1. The largest absolute Gasteiger partial charge is 0.395 e. The van der Waals surface area contributed by atoms with Crippen LogP contribution >= 0.6 is 0 Å². The fourth-order valence-corrected chi connectivity index (χ4v) is 2.09. The summed E-state index contributed by atoms with van der Waals surface area (Å²) in [4.78, 5) is 1.90. The second-order valence-electron chi connectivity index (χ2n) is 3.30. The van der Waals surface area contributed by atoms with E-state index in [9.17, 15) is 8.42 Å². The number of likely N-dealkylation sites (tertiary alicyclic amines) is 1. The molecule has 0 bridgehead atoms. The van der Waals surface area contributed by atoms with Crippen LogP contribution in [0.5, 0.6) is 0 Å². The van der Waals surface area contributed by atoms with Gasteiger partial charge in [-0.05, 0) is 19.4 Å². The third kappa shape index (κ3) is 3.60. The highest BCUT2D eigenvalue weighted by Crippen LogP contribution is 2.15. The first-order chi connectivity index (χ1) is 6.03. The van der Waals surface area contributed by atoms with Gasteiger partial charge in [0.2, 0.25) is 0 Å². The number of rotatable bonds is 4. The first-order valence-corrected chi connectivity index (χ1v) is 5.94. The van der Waals surface area contributed by atoms with E-state index in [0.717, 1.165) is 19.4 Å². The lowest BCUT2D eigenvalue weighted by molar-refractivity contribution is 0.164. The quantitative estimate of drug-likeness (QED) is 0.600. The molecule has 0 radical (unpaired) electrons. The Labute approximate surface area is 78.1 Å². The van der Waals surface area contributed by atoms with Gasteiger partial charge in [-0.3, -0.25) is 9.45 Å². The van der Waals surface area contributed by atoms with Crippen LogP contribution in [-0.2, 0) is 10.1 Å². The van der Waals surface area contributed by atoms with Crippen LogP contribution < -0.4 is 0 Å². The molecule has 0 saturated carbocycles. The van der Waals surface area contributed by atoms with Gasteiger partial charge in [0.05, 0.1) is 12.4 Å². The molecule has 1 rings (SSSR count). The van der Waals surface area contributed by atoms with Gasteiger partial charge in [0, 0.05) is 12.6 Å². The summed E-state index contributed by atoms with van der Waals surface area (Å²) in [5.74, 6) is -0.247. The molecule has 78 valence electrons. The molecular weight excluding hydrogens is 194 g/mol. The predicted octanol–water partition coefficient (Wildman–Crippen LogP) is -0.669. The van der Waals surface area contributed by atoms with Gasteiger partial charge in [-0.15, -0.1) is 0 Å². The highest BCUT2D eigenvalue weighted by Gasteiger charge is 2.24. The van der Waals surface area contributed by atoms with Crippen molar-refractivity contribution in [3.05, 3.63) is 0 Å². The van der Waals surface area contributed by atoms with Crippen LogP contribution in [0.4, 0.5) is 0 Å². The molecule has 1 saturated heterocycles. The Kier molecular flexibility index (Phi) is 3.66. The van der Waals surface area contributed by atoms with E-state index >= 15 is 0 Å². The fourth-order valence-electron chi connectivity index (χ4n) is 1.63. The Morgan fingerprint density at radius 3 is 2.69 bits per heavy atom. The van der Waals surface area contributed by atoms with Crippen molar-refractivity contribution in [3.8, 4) is 0 Å². The van der Waals surface area contributed by atoms with Gasteiger partial charge < -0.3 is 5.11 Å². The van der Waals surface area contributed by atoms with Crippen molar-refractivity contribution >= 4 is 10.1 Å². The maximum absolute atomic E-state index is 10.4. The average Bonchev–Trinajstić information content (AvgIpc) is 2.46. The number of nitrogens with zero attached hydrogens (tertiary/aromatic N) is 1. The van der Waals surface area contributed by atoms with E-state index in [1.807, 2.05) is 4.90 Å². The summed E-state index contributed by atoms with van der Waals surface area (Å²) in [5, 5.41) is 8.91. The molecule has 2 N–H and O–H groups in total. The molecule has 0 aromatic heterocycles. The molecular formula is C7H15NO4S. The Bertz CT molecular complexity index is 251. The lowest BCUT2D eigenvalue weighted by atomic mass is 10.2. The maximum atomic E-state index is 10.4. The van der Waals surface area contributed by atoms with E-state index in [0.29, 0.717) is 6.54 Å². The molecule has 0 aromatic rings. The Hall–Kier alpha value is -0.170. The second kappa shape index (κ2) is 4.36. The topological polar surface area (TPSA) is 77.8 Å². The van der Waals surface area contributed by atoms with Gasteiger partial charge in [-0.2, -0.15) is 8.42 Å². The first kappa shape index (κ1) is 10.9. The second-order valence-corrected chi connectivity index (χ2v) is 4.87. The summed E-state index contributed by atoms with van der Waals surface area (Å²) < 4.78 is 29.4. The smallest absolute Gasteiger partial charge is 0.266 e. The van der Waals surface area contributed by atoms with Crippen molar-refractivity contribution in [3.63, 3.8) is 0 Å². The minimum absolute atomic E-state index is 0.0610. The van der Waals surface area contributed by atoms with Crippen LogP contribution in [0.2, 0.25) is 0 Å². The van der Waals surface area contributed by atoms with Crippen LogP contribution in [0.15, 0.2) is 0 Å². The summed E-state index contributed by atoms with van der Waals surface area (Å²) in [5.41, 5.74) is 0. The number of aliphatic hydroxyl groups excluding tert-OH is 1. The summed E-state index contributed by atoms with van der Waals surface area (Å²) in [6.07, 6.45) is 1.89. The molecule has 1 aliphatic rings. The first-order valence-electron chi connectivity index (χ1n) is 4.33. The molecule has 1 atom stereocenters. The highest BCUT2D eigenvalue weighted by atomic mass is 32.2. The zero-order valence-corrected chi connectivity index (χ0v) is 8.20. The summed E-state index contributed by atoms with van der Waals surface area (Å²) in [7, 11) is -3.87. The van der Waals surface area contributed by atoms with E-state index < -0.39 is 10.1 Å². The summed E-state index contributed by atoms with van der Waals surface area (Å²) in [6.45, 7) is 1.18. The number of hydrogen-bond donors (Lipinski definition) is 2. The van der Waals surface area contributed by atoms with Gasteiger partial charge in [0.1, 0.15) is 0 Å². The normalized spacial score (nSPS) is 25.2. The molecule has 0 aliphatic carbocycles. The molecule has 5 nitrogen and oxygen atoms in total. The van der Waals surface area contributed by atoms with Crippen LogP contribution in [0.1, 0.15) is 12.8 Å². The summed E-state index contributed by atoms with van der Waals surface area (Å²) >= 11 is 0. The Morgan fingerprint density at radius 1 is 1.46 bits per heavy atom. The molecule has 1 aliphatic heterocycles. The van der Waals surface area contributed by atoms with E-state index in [4.69, 9.17) is 9.66 Å². The zero-order chi connectivity index (χ0) is 9.90. The van der Waals surface area contributed by atoms with Crippen LogP contribution in [-0.4, -0.2) is 54.5 Å². The standard InChI is InChI=1S/C7H15NO4S/c9-6-7-2-1-3-8(7)4-5-13(10,11)12/h7,9H,1-6H2,(H,10,11,12). The Balaban J connectivity index is 2.36. The van der Waals surface area contributed by atoms with Gasteiger partial charge in [0.25, 0.3) is 10.1 Å². The van der Waals surface area contributed by atoms with Crippen LogP contribution in [0.25, 0.3) is 0 Å². The van der Waals surface area contributed by atoms with E-state index in [-0.39, 0.29) is 18.4 Å². The van der Waals surface area contributed by atoms with Gasteiger partial charge in [-0.1, -0.05) is 0 Å². The van der Waals surface area contributed by atoms with Crippen LogP contribution in [0, 0.1) is 0 Å². The van der Waals surface area contributed by atoms with Gasteiger partial charge >= 0.3 is 0 Å². The maximum Gasteiger partial charge on any atom is 0.266 e. The minimum atomic E-state index is -3.87. The molecule has 1 heterocycles. The van der Waals surface area contributed by atoms with E-state index in [1.165, 1.54) is 0 Å². The van der Waals surface area contributed by atoms with Crippen molar-refractivity contribution < 1.29 is 18.1 Å². The van der Waals surface area contributed by atoms with Crippen LogP contribution in [0.3, 0.4) is 0 Å². The molecule has 0 spiro atoms. The highest BCUT2D eigenvalue weighted by molar-refractivity contribution is 7.85. The van der Waals surface area contributed by atoms with Gasteiger partial charge in [-0.25, -0.2) is 0 Å². The monoisotopic (exact) mass is 209 g/mol. The zero-order valence-electron chi connectivity index (χ0n) is 7.39. The predicted molar refractivity (Wildman–Crippen MR) is 48.1 cm³/mol. The third-order valence-corrected chi connectivity index (χ3v) is 3.04. The minimum Gasteiger partial charge on any atom is -0.395 e. The summed E-state index contributed by atoms with van der Waals surface area (Å²) in [6, 6.07) is 0.0711. The van der Waals surface area contributed by atoms with Crippen molar-refractivity contribution in [2.75, 3.05) is 25.4 Å². The molecule has 1 unspecified atom stereocenters. The van der Waals surface area contributed by atoms with Crippen molar-refractivity contribution in [1.82, 2.24) is 4.90 Å². The molecule has 1 fully saturated rings. The molecule has 0 amide bonds. The fraction of sp³-hybridized carbons (Fsp3) is 1.00. The van der Waals surface area contributed by atoms with Gasteiger partial charge in [0.15, 0.2) is 0 Å². The molecule has 0 aromatic carbocycles. The molecule has 6 heteroatoms. The lowest BCUT2D eigenvalue weighted by Crippen LogP contribution is -2.35. The SMILES string of the molecule is O=S(=O)(O)CCN1CCCC1CO.